The molecule has 0 amide bonds. The van der Waals surface area contributed by atoms with Gasteiger partial charge in [-0.25, -0.2) is 0 Å². The molecule has 0 unspecified atom stereocenters. The maximum atomic E-state index is 11.7. The third-order valence-corrected chi connectivity index (χ3v) is 4.70. The van der Waals surface area contributed by atoms with E-state index in [-0.39, 0.29) is 26.8 Å². The zero-order valence-corrected chi connectivity index (χ0v) is 14.0. The second kappa shape index (κ2) is 7.82. The van der Waals surface area contributed by atoms with E-state index in [1.54, 1.807) is 19.1 Å². The zero-order valence-electron chi connectivity index (χ0n) is 11.6. The number of esters is 1. The number of benzene rings is 1. The van der Waals surface area contributed by atoms with Crippen LogP contribution in [0.2, 0.25) is 5.02 Å². The first kappa shape index (κ1) is 16.3. The summed E-state index contributed by atoms with van der Waals surface area (Å²) in [6.07, 6.45) is 1.43. The standard InChI is InChI=1S/C14H11ClN4O2Se/c1-2-21-14(20)12(18-19-16)7-11-8-22-13(17-11)9-3-5-10(15)6-4-9/h3-8H,2H2,1H3/b12-7+. The molecule has 0 aliphatic carbocycles. The van der Waals surface area contributed by atoms with Crippen molar-refractivity contribution in [2.24, 2.45) is 5.11 Å². The molecule has 8 heteroatoms. The van der Waals surface area contributed by atoms with Crippen LogP contribution in [0.3, 0.4) is 0 Å². The van der Waals surface area contributed by atoms with E-state index < -0.39 is 5.97 Å². The third kappa shape index (κ3) is 4.23. The Morgan fingerprint density at radius 3 is 2.86 bits per heavy atom. The van der Waals surface area contributed by atoms with Gasteiger partial charge in [0.2, 0.25) is 0 Å². The minimum atomic E-state index is -0.663. The number of rotatable bonds is 5. The van der Waals surface area contributed by atoms with Gasteiger partial charge in [-0.1, -0.05) is 0 Å². The van der Waals surface area contributed by atoms with Crippen LogP contribution in [0.5, 0.6) is 0 Å². The summed E-state index contributed by atoms with van der Waals surface area (Å²) in [4.78, 5) is 20.7. The molecular weight excluding hydrogens is 371 g/mol. The Bertz CT molecular complexity index is 748. The van der Waals surface area contributed by atoms with Crippen molar-refractivity contribution in [3.8, 4) is 10.1 Å². The summed E-state index contributed by atoms with van der Waals surface area (Å²) < 4.78 is 5.75. The van der Waals surface area contributed by atoms with E-state index in [1.165, 1.54) is 6.08 Å². The third-order valence-electron chi connectivity index (χ3n) is 2.53. The fourth-order valence-corrected chi connectivity index (χ4v) is 3.37. The van der Waals surface area contributed by atoms with Gasteiger partial charge in [-0.2, -0.15) is 0 Å². The van der Waals surface area contributed by atoms with Crippen LogP contribution in [-0.2, 0) is 9.53 Å². The van der Waals surface area contributed by atoms with Crippen molar-refractivity contribution in [3.63, 3.8) is 0 Å². The number of carbonyl (C=O) groups excluding carboxylic acids is 1. The van der Waals surface area contributed by atoms with E-state index in [0.29, 0.717) is 10.7 Å². The van der Waals surface area contributed by atoms with Gasteiger partial charge in [-0.15, -0.1) is 0 Å². The Balaban J connectivity index is 2.29. The molecule has 0 bridgehead atoms. The van der Waals surface area contributed by atoms with Crippen molar-refractivity contribution >= 4 is 38.1 Å². The molecule has 0 atom stereocenters. The van der Waals surface area contributed by atoms with Crippen LogP contribution in [0, 0.1) is 0 Å². The Kier molecular flexibility index (Phi) is 5.81. The normalized spacial score (nSPS) is 10.9. The summed E-state index contributed by atoms with van der Waals surface area (Å²) in [6.45, 7) is 1.89. The average molecular weight is 382 g/mol. The molecular formula is C14H11ClN4O2Se. The van der Waals surface area contributed by atoms with E-state index in [1.807, 2.05) is 17.1 Å². The Hall–Kier alpha value is -2.04. The van der Waals surface area contributed by atoms with E-state index in [2.05, 4.69) is 15.0 Å². The van der Waals surface area contributed by atoms with Crippen molar-refractivity contribution in [1.82, 2.24) is 4.98 Å². The second-order valence-corrected chi connectivity index (χ2v) is 6.26. The summed E-state index contributed by atoms with van der Waals surface area (Å²) in [5.41, 5.74) is 9.99. The molecule has 0 N–H and O–H groups in total. The number of aromatic nitrogens is 1. The number of hydrogen-bond donors (Lipinski definition) is 0. The SMILES string of the molecule is CCOC(=O)/C(=C\c1c[se]c(-c2ccc(Cl)cc2)n1)N=[N+]=[N-]. The molecule has 112 valence electrons. The van der Waals surface area contributed by atoms with Gasteiger partial charge in [0.1, 0.15) is 0 Å². The molecule has 2 rings (SSSR count). The summed E-state index contributed by atoms with van der Waals surface area (Å²) >= 11 is 5.90. The van der Waals surface area contributed by atoms with E-state index >= 15 is 0 Å². The average Bonchev–Trinajstić information content (AvgIpc) is 2.96. The van der Waals surface area contributed by atoms with Gasteiger partial charge in [-0.05, 0) is 0 Å². The first-order chi connectivity index (χ1) is 10.6. The first-order valence-electron chi connectivity index (χ1n) is 6.29. The van der Waals surface area contributed by atoms with E-state index in [9.17, 15) is 4.79 Å². The molecule has 1 aromatic heterocycles. The number of carbonyl (C=O) groups is 1. The van der Waals surface area contributed by atoms with Crippen LogP contribution in [0.25, 0.3) is 26.7 Å². The van der Waals surface area contributed by atoms with Crippen molar-refractivity contribution in [2.45, 2.75) is 6.92 Å². The number of halogens is 1. The zero-order chi connectivity index (χ0) is 15.9. The van der Waals surface area contributed by atoms with Gasteiger partial charge in [0.15, 0.2) is 0 Å². The van der Waals surface area contributed by atoms with Gasteiger partial charge in [-0.3, -0.25) is 0 Å². The predicted molar refractivity (Wildman–Crippen MR) is 85.4 cm³/mol. The molecule has 2 aromatic rings. The van der Waals surface area contributed by atoms with E-state index in [4.69, 9.17) is 21.9 Å². The quantitative estimate of drug-likeness (QED) is 0.198. The predicted octanol–water partition coefficient (Wildman–Crippen LogP) is 3.67. The summed E-state index contributed by atoms with van der Waals surface area (Å²) in [6, 6.07) is 7.38. The van der Waals surface area contributed by atoms with Crippen LogP contribution >= 0.6 is 11.6 Å². The summed E-state index contributed by atoms with van der Waals surface area (Å²) in [5.74, 6) is -0.663. The minimum absolute atomic E-state index is 0.0375. The molecule has 0 radical (unpaired) electrons. The Morgan fingerprint density at radius 2 is 2.23 bits per heavy atom. The van der Waals surface area contributed by atoms with Gasteiger partial charge < -0.3 is 0 Å². The van der Waals surface area contributed by atoms with Gasteiger partial charge in [0.05, 0.1) is 0 Å². The molecule has 6 nitrogen and oxygen atoms in total. The first-order valence-corrected chi connectivity index (χ1v) is 8.51. The Labute approximate surface area is 137 Å². The topological polar surface area (TPSA) is 88.0 Å². The van der Waals surface area contributed by atoms with E-state index in [0.717, 1.165) is 10.1 Å². The van der Waals surface area contributed by atoms with Crippen LogP contribution in [-0.4, -0.2) is 32.1 Å². The fraction of sp³-hybridized carbons (Fsp3) is 0.143. The van der Waals surface area contributed by atoms with Crippen LogP contribution in [0.4, 0.5) is 0 Å². The molecule has 0 saturated carbocycles. The molecule has 0 fully saturated rings. The summed E-state index contributed by atoms with van der Waals surface area (Å²) in [5, 5.41) is 4.02. The fourth-order valence-electron chi connectivity index (χ4n) is 1.60. The van der Waals surface area contributed by atoms with Crippen LogP contribution in [0.15, 0.2) is 40.0 Å². The monoisotopic (exact) mass is 382 g/mol. The van der Waals surface area contributed by atoms with Crippen LogP contribution in [0.1, 0.15) is 12.6 Å². The summed E-state index contributed by atoms with van der Waals surface area (Å²) in [7, 11) is 0. The van der Waals surface area contributed by atoms with Crippen molar-refractivity contribution in [2.75, 3.05) is 6.61 Å². The van der Waals surface area contributed by atoms with Gasteiger partial charge >= 0.3 is 138 Å². The number of nitrogens with zero attached hydrogens (tertiary/aromatic N) is 4. The Morgan fingerprint density at radius 1 is 1.50 bits per heavy atom. The molecule has 0 saturated heterocycles. The molecule has 0 aliphatic heterocycles. The van der Waals surface area contributed by atoms with Crippen molar-refractivity contribution in [1.29, 1.82) is 0 Å². The van der Waals surface area contributed by atoms with Crippen molar-refractivity contribution < 1.29 is 9.53 Å². The molecule has 22 heavy (non-hydrogen) atoms. The van der Waals surface area contributed by atoms with Crippen LogP contribution < -0.4 is 0 Å². The van der Waals surface area contributed by atoms with Crippen molar-refractivity contribution in [3.05, 3.63) is 56.1 Å². The van der Waals surface area contributed by atoms with Gasteiger partial charge in [0.25, 0.3) is 0 Å². The number of ether oxygens (including phenoxy) is 1. The molecule has 1 aromatic carbocycles. The number of azide groups is 1. The molecule has 1 heterocycles. The second-order valence-electron chi connectivity index (χ2n) is 4.02. The van der Waals surface area contributed by atoms with Gasteiger partial charge in [0, 0.05) is 0 Å². The maximum absolute atomic E-state index is 11.7. The molecule has 0 aliphatic rings. The molecule has 0 spiro atoms. The number of hydrogen-bond acceptors (Lipinski definition) is 4.